The van der Waals surface area contributed by atoms with Crippen molar-refractivity contribution >= 4 is 11.6 Å². The first-order chi connectivity index (χ1) is 9.72. The molecule has 1 amide bonds. The maximum atomic E-state index is 12.7. The molecule has 0 spiro atoms. The number of rotatable bonds is 2. The predicted molar refractivity (Wildman–Crippen MR) is 73.6 cm³/mol. The number of halogens is 1. The number of hydrogen-bond acceptors (Lipinski definition) is 3. The Kier molecular flexibility index (Phi) is 3.43. The van der Waals surface area contributed by atoms with Crippen molar-refractivity contribution in [1.82, 2.24) is 10.3 Å². The van der Waals surface area contributed by atoms with Crippen LogP contribution in [0.2, 0.25) is 0 Å². The molecule has 0 unspecified atom stereocenters. The van der Waals surface area contributed by atoms with E-state index in [9.17, 15) is 9.18 Å². The SMILES string of the molecule is O=C(Nc1ccc(F)nc1)[C@@H]1Cc2ccccc2CN1. The highest BCUT2D eigenvalue weighted by Gasteiger charge is 2.23. The standard InChI is InChI=1S/C15H14FN3O/c16-14-6-5-12(9-18-14)19-15(20)13-7-10-3-1-2-4-11(10)8-17-13/h1-6,9,13,17H,7-8H2,(H,19,20)/t13-/m0/s1. The summed E-state index contributed by atoms with van der Waals surface area (Å²) in [6, 6.07) is 10.5. The van der Waals surface area contributed by atoms with E-state index in [-0.39, 0.29) is 11.9 Å². The number of pyridine rings is 1. The number of anilines is 1. The number of nitrogens with one attached hydrogen (secondary N) is 2. The van der Waals surface area contributed by atoms with Gasteiger partial charge in [0, 0.05) is 6.54 Å². The zero-order valence-electron chi connectivity index (χ0n) is 10.8. The van der Waals surface area contributed by atoms with E-state index >= 15 is 0 Å². The molecular weight excluding hydrogens is 257 g/mol. The van der Waals surface area contributed by atoms with Crippen LogP contribution >= 0.6 is 0 Å². The summed E-state index contributed by atoms with van der Waals surface area (Å²) >= 11 is 0. The number of aromatic nitrogens is 1. The van der Waals surface area contributed by atoms with E-state index in [1.807, 2.05) is 18.2 Å². The summed E-state index contributed by atoms with van der Waals surface area (Å²) in [7, 11) is 0. The van der Waals surface area contributed by atoms with Crippen LogP contribution in [0.4, 0.5) is 10.1 Å². The smallest absolute Gasteiger partial charge is 0.241 e. The lowest BCUT2D eigenvalue weighted by Crippen LogP contribution is -2.44. The van der Waals surface area contributed by atoms with Gasteiger partial charge in [-0.3, -0.25) is 4.79 Å². The van der Waals surface area contributed by atoms with Gasteiger partial charge in [-0.15, -0.1) is 0 Å². The first-order valence-corrected chi connectivity index (χ1v) is 6.45. The first-order valence-electron chi connectivity index (χ1n) is 6.45. The van der Waals surface area contributed by atoms with E-state index in [1.54, 1.807) is 0 Å². The lowest BCUT2D eigenvalue weighted by molar-refractivity contribution is -0.118. The first kappa shape index (κ1) is 12.7. The van der Waals surface area contributed by atoms with E-state index in [2.05, 4.69) is 21.7 Å². The van der Waals surface area contributed by atoms with E-state index in [4.69, 9.17) is 0 Å². The Labute approximate surface area is 116 Å². The number of hydrogen-bond donors (Lipinski definition) is 2. The molecule has 20 heavy (non-hydrogen) atoms. The maximum absolute atomic E-state index is 12.7. The highest BCUT2D eigenvalue weighted by Crippen LogP contribution is 2.17. The molecule has 1 aromatic heterocycles. The van der Waals surface area contributed by atoms with Gasteiger partial charge in [-0.05, 0) is 29.7 Å². The number of carbonyl (C=O) groups excluding carboxylic acids is 1. The lowest BCUT2D eigenvalue weighted by atomic mass is 9.95. The van der Waals surface area contributed by atoms with Crippen LogP contribution in [-0.4, -0.2) is 16.9 Å². The molecule has 4 nitrogen and oxygen atoms in total. The van der Waals surface area contributed by atoms with Crippen molar-refractivity contribution in [1.29, 1.82) is 0 Å². The number of carbonyl (C=O) groups is 1. The average Bonchev–Trinajstić information content (AvgIpc) is 2.49. The molecule has 1 aromatic carbocycles. The summed E-state index contributed by atoms with van der Waals surface area (Å²) in [5.74, 6) is -0.694. The molecule has 3 rings (SSSR count). The summed E-state index contributed by atoms with van der Waals surface area (Å²) in [6.07, 6.45) is 1.96. The van der Waals surface area contributed by atoms with Gasteiger partial charge in [0.25, 0.3) is 0 Å². The zero-order valence-corrected chi connectivity index (χ0v) is 10.8. The molecule has 102 valence electrons. The Morgan fingerprint density at radius 3 is 2.80 bits per heavy atom. The molecule has 0 saturated heterocycles. The second-order valence-electron chi connectivity index (χ2n) is 4.77. The highest BCUT2D eigenvalue weighted by atomic mass is 19.1. The minimum absolute atomic E-state index is 0.132. The van der Waals surface area contributed by atoms with Crippen LogP contribution < -0.4 is 10.6 Å². The van der Waals surface area contributed by atoms with Crippen LogP contribution in [-0.2, 0) is 17.8 Å². The van der Waals surface area contributed by atoms with Crippen molar-refractivity contribution in [2.45, 2.75) is 19.0 Å². The molecule has 0 aliphatic carbocycles. The number of fused-ring (bicyclic) bond motifs is 1. The van der Waals surface area contributed by atoms with Crippen molar-refractivity contribution in [2.75, 3.05) is 5.32 Å². The number of benzene rings is 1. The van der Waals surface area contributed by atoms with Crippen molar-refractivity contribution in [3.05, 3.63) is 59.7 Å². The number of nitrogens with zero attached hydrogens (tertiary/aromatic N) is 1. The summed E-state index contributed by atoms with van der Waals surface area (Å²) < 4.78 is 12.7. The van der Waals surface area contributed by atoms with Gasteiger partial charge in [0.05, 0.1) is 17.9 Å². The normalized spacial score (nSPS) is 17.4. The molecule has 1 atom stereocenters. The highest BCUT2D eigenvalue weighted by molar-refractivity contribution is 5.95. The van der Waals surface area contributed by atoms with E-state index in [0.29, 0.717) is 18.7 Å². The van der Waals surface area contributed by atoms with Crippen molar-refractivity contribution < 1.29 is 9.18 Å². The summed E-state index contributed by atoms with van der Waals surface area (Å²) in [6.45, 7) is 0.677. The molecular formula is C15H14FN3O. The van der Waals surface area contributed by atoms with Gasteiger partial charge in [0.2, 0.25) is 11.9 Å². The minimum Gasteiger partial charge on any atom is -0.323 e. The third-order valence-electron chi connectivity index (χ3n) is 3.39. The van der Waals surface area contributed by atoms with Crippen LogP contribution in [0.1, 0.15) is 11.1 Å². The van der Waals surface area contributed by atoms with Gasteiger partial charge in [-0.2, -0.15) is 4.39 Å². The molecule has 0 fully saturated rings. The third-order valence-corrected chi connectivity index (χ3v) is 3.39. The summed E-state index contributed by atoms with van der Waals surface area (Å²) in [5.41, 5.74) is 2.90. The van der Waals surface area contributed by atoms with Crippen LogP contribution in [0.15, 0.2) is 42.6 Å². The molecule has 1 aliphatic rings. The third kappa shape index (κ3) is 2.67. The fraction of sp³-hybridized carbons (Fsp3) is 0.200. The van der Waals surface area contributed by atoms with Crippen molar-refractivity contribution in [3.63, 3.8) is 0 Å². The fourth-order valence-electron chi connectivity index (χ4n) is 2.32. The molecule has 2 heterocycles. The summed E-state index contributed by atoms with van der Waals surface area (Å²) in [4.78, 5) is 15.7. The van der Waals surface area contributed by atoms with Crippen LogP contribution in [0, 0.1) is 5.95 Å². The van der Waals surface area contributed by atoms with Gasteiger partial charge >= 0.3 is 0 Å². The molecule has 0 saturated carbocycles. The maximum Gasteiger partial charge on any atom is 0.241 e. The van der Waals surface area contributed by atoms with Gasteiger partial charge < -0.3 is 10.6 Å². The molecule has 1 aliphatic heterocycles. The van der Waals surface area contributed by atoms with Crippen LogP contribution in [0.5, 0.6) is 0 Å². The van der Waals surface area contributed by atoms with Gasteiger partial charge in [-0.25, -0.2) is 4.98 Å². The molecule has 0 bridgehead atoms. The molecule has 2 N–H and O–H groups in total. The Morgan fingerprint density at radius 1 is 1.25 bits per heavy atom. The largest absolute Gasteiger partial charge is 0.323 e. The molecule has 5 heteroatoms. The molecule has 2 aromatic rings. The fourth-order valence-corrected chi connectivity index (χ4v) is 2.32. The zero-order chi connectivity index (χ0) is 13.9. The van der Waals surface area contributed by atoms with Gasteiger partial charge in [0.15, 0.2) is 0 Å². The molecule has 0 radical (unpaired) electrons. The van der Waals surface area contributed by atoms with Gasteiger partial charge in [0.1, 0.15) is 0 Å². The average molecular weight is 271 g/mol. The Hall–Kier alpha value is -2.27. The second kappa shape index (κ2) is 5.38. The predicted octanol–water partition coefficient (Wildman–Crippen LogP) is 1.87. The van der Waals surface area contributed by atoms with Crippen molar-refractivity contribution in [3.8, 4) is 0 Å². The quantitative estimate of drug-likeness (QED) is 0.820. The summed E-state index contributed by atoms with van der Waals surface area (Å²) in [5, 5.41) is 5.94. The van der Waals surface area contributed by atoms with Crippen LogP contribution in [0.25, 0.3) is 0 Å². The Balaban J connectivity index is 1.68. The Bertz CT molecular complexity index is 627. The van der Waals surface area contributed by atoms with Crippen LogP contribution in [0.3, 0.4) is 0 Å². The van der Waals surface area contributed by atoms with Crippen molar-refractivity contribution in [2.24, 2.45) is 0 Å². The Morgan fingerprint density at radius 2 is 2.05 bits per heavy atom. The monoisotopic (exact) mass is 271 g/mol. The van der Waals surface area contributed by atoms with E-state index < -0.39 is 5.95 Å². The van der Waals surface area contributed by atoms with Gasteiger partial charge in [-0.1, -0.05) is 24.3 Å². The minimum atomic E-state index is -0.562. The number of amides is 1. The topological polar surface area (TPSA) is 54.0 Å². The van der Waals surface area contributed by atoms with E-state index in [1.165, 1.54) is 29.5 Å². The lowest BCUT2D eigenvalue weighted by Gasteiger charge is -2.25. The van der Waals surface area contributed by atoms with E-state index in [0.717, 1.165) is 0 Å². The second-order valence-corrected chi connectivity index (χ2v) is 4.77.